The van der Waals surface area contributed by atoms with E-state index in [4.69, 9.17) is 19.4 Å². The number of fused-ring (bicyclic) bond motifs is 9. The Balaban J connectivity index is 1.28. The van der Waals surface area contributed by atoms with Crippen molar-refractivity contribution < 1.29 is 4.42 Å². The standard InChI is InChI=1S/C42H24N4O/c1-2-10-28-22-29(19-16-25(28)8-1)40-44-41(46-42(45-40)35-23-43-24-37-39(35)34-12-5-6-15-36(34)47-37)33-14-7-13-32-31(33)21-20-27-18-17-26-9-3-4-11-30(26)38(27)32/h1-24H. The first-order chi connectivity index (χ1) is 23.3. The molecule has 0 saturated carbocycles. The molecule has 0 aliphatic heterocycles. The maximum Gasteiger partial charge on any atom is 0.166 e. The Morgan fingerprint density at radius 2 is 1.06 bits per heavy atom. The van der Waals surface area contributed by atoms with Crippen LogP contribution < -0.4 is 0 Å². The fourth-order valence-corrected chi connectivity index (χ4v) is 6.98. The summed E-state index contributed by atoms with van der Waals surface area (Å²) in [6, 6.07) is 46.5. The lowest BCUT2D eigenvalue weighted by atomic mass is 9.94. The Morgan fingerprint density at radius 1 is 0.383 bits per heavy atom. The zero-order chi connectivity index (χ0) is 30.9. The van der Waals surface area contributed by atoms with E-state index >= 15 is 0 Å². The van der Waals surface area contributed by atoms with Gasteiger partial charge in [-0.05, 0) is 55.2 Å². The summed E-state index contributed by atoms with van der Waals surface area (Å²) in [6.07, 6.45) is 3.58. The summed E-state index contributed by atoms with van der Waals surface area (Å²) >= 11 is 0. The summed E-state index contributed by atoms with van der Waals surface area (Å²) in [5, 5.41) is 11.3. The number of pyridine rings is 1. The topological polar surface area (TPSA) is 64.7 Å². The van der Waals surface area contributed by atoms with Gasteiger partial charge in [0, 0.05) is 33.7 Å². The molecule has 3 heterocycles. The molecule has 0 bridgehead atoms. The summed E-state index contributed by atoms with van der Waals surface area (Å²) < 4.78 is 6.19. The monoisotopic (exact) mass is 600 g/mol. The minimum absolute atomic E-state index is 0.547. The molecule has 7 aromatic carbocycles. The van der Waals surface area contributed by atoms with Gasteiger partial charge in [0.2, 0.25) is 0 Å². The van der Waals surface area contributed by atoms with E-state index in [2.05, 4.69) is 120 Å². The summed E-state index contributed by atoms with van der Waals surface area (Å²) in [5.41, 5.74) is 4.16. The molecule has 218 valence electrons. The van der Waals surface area contributed by atoms with Crippen molar-refractivity contribution in [3.05, 3.63) is 146 Å². The largest absolute Gasteiger partial charge is 0.454 e. The molecule has 10 aromatic rings. The van der Waals surface area contributed by atoms with Crippen molar-refractivity contribution in [3.63, 3.8) is 0 Å². The summed E-state index contributed by atoms with van der Waals surface area (Å²) in [5.74, 6) is 1.75. The normalized spacial score (nSPS) is 11.8. The van der Waals surface area contributed by atoms with E-state index in [9.17, 15) is 0 Å². The van der Waals surface area contributed by atoms with Crippen molar-refractivity contribution in [2.24, 2.45) is 0 Å². The van der Waals surface area contributed by atoms with Gasteiger partial charge in [0.1, 0.15) is 5.58 Å². The van der Waals surface area contributed by atoms with Gasteiger partial charge in [-0.15, -0.1) is 0 Å². The van der Waals surface area contributed by atoms with E-state index in [0.29, 0.717) is 23.1 Å². The van der Waals surface area contributed by atoms with Gasteiger partial charge >= 0.3 is 0 Å². The smallest absolute Gasteiger partial charge is 0.166 e. The molecular formula is C42H24N4O. The third-order valence-electron chi connectivity index (χ3n) is 9.18. The molecule has 47 heavy (non-hydrogen) atoms. The number of aromatic nitrogens is 4. The van der Waals surface area contributed by atoms with Crippen LogP contribution in [0.25, 0.3) is 99.2 Å². The van der Waals surface area contributed by atoms with Crippen molar-refractivity contribution in [1.82, 2.24) is 19.9 Å². The van der Waals surface area contributed by atoms with Crippen molar-refractivity contribution in [1.29, 1.82) is 0 Å². The summed E-state index contributed by atoms with van der Waals surface area (Å²) in [4.78, 5) is 20.0. The van der Waals surface area contributed by atoms with Crippen LogP contribution >= 0.6 is 0 Å². The maximum atomic E-state index is 6.19. The lowest BCUT2D eigenvalue weighted by molar-refractivity contribution is 0.667. The molecule has 0 spiro atoms. The average molecular weight is 601 g/mol. The van der Waals surface area contributed by atoms with Gasteiger partial charge in [-0.2, -0.15) is 0 Å². The predicted octanol–water partition coefficient (Wildman–Crippen LogP) is 10.8. The predicted molar refractivity (Wildman–Crippen MR) is 191 cm³/mol. The number of benzene rings is 7. The van der Waals surface area contributed by atoms with Gasteiger partial charge in [-0.3, -0.25) is 4.98 Å². The first-order valence-corrected chi connectivity index (χ1v) is 15.6. The number of nitrogens with zero attached hydrogens (tertiary/aromatic N) is 4. The molecule has 3 aromatic heterocycles. The third-order valence-corrected chi connectivity index (χ3v) is 9.18. The SMILES string of the molecule is c1ccc2cc(-c3nc(-c4cccc5c4ccc4ccc6ccccc6c45)nc(-c4cncc5oc6ccccc6c45)n3)ccc2c1. The third kappa shape index (κ3) is 4.03. The molecule has 0 radical (unpaired) electrons. The summed E-state index contributed by atoms with van der Waals surface area (Å²) in [6.45, 7) is 0. The van der Waals surface area contributed by atoms with E-state index in [1.54, 1.807) is 6.20 Å². The molecule has 0 unspecified atom stereocenters. The fourth-order valence-electron chi connectivity index (χ4n) is 6.98. The molecule has 0 atom stereocenters. The highest BCUT2D eigenvalue weighted by atomic mass is 16.3. The molecule has 0 saturated heterocycles. The molecule has 0 aliphatic rings. The van der Waals surface area contributed by atoms with Crippen LogP contribution in [0.5, 0.6) is 0 Å². The minimum Gasteiger partial charge on any atom is -0.454 e. The molecular weight excluding hydrogens is 576 g/mol. The van der Waals surface area contributed by atoms with E-state index in [0.717, 1.165) is 54.6 Å². The van der Waals surface area contributed by atoms with E-state index < -0.39 is 0 Å². The molecule has 0 amide bonds. The lowest BCUT2D eigenvalue weighted by Crippen LogP contribution is -2.01. The van der Waals surface area contributed by atoms with E-state index in [-0.39, 0.29) is 0 Å². The second kappa shape index (κ2) is 10.0. The Morgan fingerprint density at radius 3 is 1.98 bits per heavy atom. The number of para-hydroxylation sites is 1. The van der Waals surface area contributed by atoms with Gasteiger partial charge in [0.25, 0.3) is 0 Å². The van der Waals surface area contributed by atoms with Gasteiger partial charge in [-0.25, -0.2) is 15.0 Å². The Hall–Kier alpha value is -6.46. The van der Waals surface area contributed by atoms with Gasteiger partial charge in [0.05, 0.1) is 6.20 Å². The van der Waals surface area contributed by atoms with Crippen molar-refractivity contribution >= 4 is 65.0 Å². The highest BCUT2D eigenvalue weighted by molar-refractivity contribution is 6.22. The number of hydrogen-bond donors (Lipinski definition) is 0. The molecule has 0 N–H and O–H groups in total. The van der Waals surface area contributed by atoms with Crippen LogP contribution in [0.3, 0.4) is 0 Å². The number of furan rings is 1. The van der Waals surface area contributed by atoms with Crippen molar-refractivity contribution in [2.75, 3.05) is 0 Å². The molecule has 10 rings (SSSR count). The number of hydrogen-bond acceptors (Lipinski definition) is 5. The van der Waals surface area contributed by atoms with E-state index in [1.165, 1.54) is 21.5 Å². The van der Waals surface area contributed by atoms with Crippen LogP contribution in [0.15, 0.2) is 150 Å². The minimum atomic E-state index is 0.547. The first kappa shape index (κ1) is 25.8. The van der Waals surface area contributed by atoms with Crippen LogP contribution in [-0.4, -0.2) is 19.9 Å². The van der Waals surface area contributed by atoms with Gasteiger partial charge in [0.15, 0.2) is 23.1 Å². The quantitative estimate of drug-likeness (QED) is 0.189. The van der Waals surface area contributed by atoms with Crippen LogP contribution in [0, 0.1) is 0 Å². The molecule has 5 heteroatoms. The Labute approximate surface area is 268 Å². The van der Waals surface area contributed by atoms with Crippen LogP contribution in [-0.2, 0) is 0 Å². The molecule has 0 fully saturated rings. The highest BCUT2D eigenvalue weighted by Gasteiger charge is 2.19. The van der Waals surface area contributed by atoms with Crippen LogP contribution in [0.2, 0.25) is 0 Å². The molecule has 0 aliphatic carbocycles. The van der Waals surface area contributed by atoms with Crippen LogP contribution in [0.4, 0.5) is 0 Å². The first-order valence-electron chi connectivity index (χ1n) is 15.6. The average Bonchev–Trinajstić information content (AvgIpc) is 3.53. The zero-order valence-corrected chi connectivity index (χ0v) is 25.1. The Bertz CT molecular complexity index is 2870. The second-order valence-electron chi connectivity index (χ2n) is 11.9. The van der Waals surface area contributed by atoms with Gasteiger partial charge in [-0.1, -0.05) is 121 Å². The summed E-state index contributed by atoms with van der Waals surface area (Å²) in [7, 11) is 0. The second-order valence-corrected chi connectivity index (χ2v) is 11.9. The zero-order valence-electron chi connectivity index (χ0n) is 25.1. The number of rotatable bonds is 3. The van der Waals surface area contributed by atoms with E-state index in [1.807, 2.05) is 24.4 Å². The van der Waals surface area contributed by atoms with Crippen LogP contribution in [0.1, 0.15) is 0 Å². The van der Waals surface area contributed by atoms with Crippen molar-refractivity contribution in [3.8, 4) is 34.2 Å². The lowest BCUT2D eigenvalue weighted by Gasteiger charge is -2.13. The fraction of sp³-hybridized carbons (Fsp3) is 0. The van der Waals surface area contributed by atoms with Crippen molar-refractivity contribution in [2.45, 2.75) is 0 Å². The van der Waals surface area contributed by atoms with Gasteiger partial charge < -0.3 is 4.42 Å². The Kier molecular flexibility index (Phi) is 5.51. The highest BCUT2D eigenvalue weighted by Crippen LogP contribution is 2.39. The molecule has 5 nitrogen and oxygen atoms in total. The maximum absolute atomic E-state index is 6.19.